The van der Waals surface area contributed by atoms with E-state index in [0.717, 1.165) is 28.4 Å². The minimum atomic E-state index is -2.13. The van der Waals surface area contributed by atoms with Crippen molar-refractivity contribution in [2.75, 3.05) is 69.1 Å². The van der Waals surface area contributed by atoms with Crippen LogP contribution in [0.3, 0.4) is 0 Å². The fourth-order valence-electron chi connectivity index (χ4n) is 8.34. The molecule has 0 aromatic heterocycles. The standard InChI is InChI=1S/C42H50O18/c1-11-57-33(43)27-21-15-41(37(47)53-7,38(48)54-8)17-23(21)31(35(45)59-13-3)29(25(27)19-51-5)30-26(20-52-6)28(34(44)58-12-2)22-16-42(39(49)55-9,40(50)56-10)18-24(22)32(30)36(46)60-14-4/h11-20H2,1-10H3. The number of benzene rings is 2. The fraction of sp³-hybridized carbons (Fsp3) is 0.524. The van der Waals surface area contributed by atoms with Gasteiger partial charge in [0.15, 0.2) is 10.8 Å². The molecule has 0 fully saturated rings. The Morgan fingerprint density at radius 3 is 0.850 bits per heavy atom. The van der Waals surface area contributed by atoms with Gasteiger partial charge in [-0.1, -0.05) is 0 Å². The SMILES string of the molecule is CCOC(=O)c1c2c(c(C(=O)OCC)c(-c3c(COC)c(C(=O)OCC)c4c(c3C(=O)OCC)CC(C(=O)OC)(C(=O)OC)C4)c1COC)CC(C(=O)OC)(C(=O)OC)C2. The molecule has 0 saturated carbocycles. The van der Waals surface area contributed by atoms with E-state index in [1.54, 1.807) is 13.8 Å². The van der Waals surface area contributed by atoms with Crippen molar-refractivity contribution in [2.24, 2.45) is 10.8 Å². The Labute approximate surface area is 346 Å². The van der Waals surface area contributed by atoms with Gasteiger partial charge in [-0.05, 0) is 49.9 Å². The Morgan fingerprint density at radius 1 is 0.400 bits per heavy atom. The highest BCUT2D eigenvalue weighted by atomic mass is 16.6. The second-order valence-electron chi connectivity index (χ2n) is 13.7. The molecule has 60 heavy (non-hydrogen) atoms. The van der Waals surface area contributed by atoms with Gasteiger partial charge in [-0.15, -0.1) is 0 Å². The number of ether oxygens (including phenoxy) is 10. The zero-order valence-electron chi connectivity index (χ0n) is 35.4. The van der Waals surface area contributed by atoms with Crippen LogP contribution in [0.1, 0.15) is 103 Å². The summed E-state index contributed by atoms with van der Waals surface area (Å²) >= 11 is 0. The van der Waals surface area contributed by atoms with Crippen molar-refractivity contribution in [1.29, 1.82) is 0 Å². The first-order chi connectivity index (χ1) is 28.6. The van der Waals surface area contributed by atoms with Crippen LogP contribution < -0.4 is 0 Å². The Hall–Kier alpha value is -5.88. The molecule has 0 bridgehead atoms. The van der Waals surface area contributed by atoms with Gasteiger partial charge in [-0.3, -0.25) is 19.2 Å². The highest BCUT2D eigenvalue weighted by molar-refractivity contribution is 6.14. The number of hydrogen-bond acceptors (Lipinski definition) is 18. The van der Waals surface area contributed by atoms with Crippen molar-refractivity contribution in [3.05, 3.63) is 55.6 Å². The van der Waals surface area contributed by atoms with Gasteiger partial charge in [-0.25, -0.2) is 19.2 Å². The number of esters is 8. The van der Waals surface area contributed by atoms with Crippen molar-refractivity contribution in [1.82, 2.24) is 0 Å². The van der Waals surface area contributed by atoms with E-state index in [2.05, 4.69) is 0 Å². The second kappa shape index (κ2) is 19.5. The van der Waals surface area contributed by atoms with Crippen LogP contribution in [-0.2, 0) is 105 Å². The van der Waals surface area contributed by atoms with Gasteiger partial charge in [0.05, 0.1) is 90.3 Å². The molecular formula is C42H50O18. The summed E-state index contributed by atoms with van der Waals surface area (Å²) in [6.07, 6.45) is -2.15. The summed E-state index contributed by atoms with van der Waals surface area (Å²) in [6.45, 7) is 4.50. The molecule has 18 nitrogen and oxygen atoms in total. The van der Waals surface area contributed by atoms with Crippen molar-refractivity contribution >= 4 is 47.8 Å². The molecule has 4 rings (SSSR count). The summed E-state index contributed by atoms with van der Waals surface area (Å²) in [5, 5.41) is 0. The molecule has 0 aliphatic heterocycles. The summed E-state index contributed by atoms with van der Waals surface area (Å²) in [7, 11) is 6.82. The maximum absolute atomic E-state index is 14.7. The van der Waals surface area contributed by atoms with Crippen LogP contribution in [-0.4, -0.2) is 117 Å². The number of methoxy groups -OCH3 is 6. The van der Waals surface area contributed by atoms with Gasteiger partial charge in [0.1, 0.15) is 0 Å². The third-order valence-electron chi connectivity index (χ3n) is 10.6. The molecule has 0 saturated heterocycles. The molecule has 2 aliphatic rings. The minimum Gasteiger partial charge on any atom is -0.468 e. The molecule has 0 atom stereocenters. The van der Waals surface area contributed by atoms with Crippen LogP contribution in [0.15, 0.2) is 0 Å². The van der Waals surface area contributed by atoms with E-state index in [1.165, 1.54) is 28.1 Å². The molecule has 18 heteroatoms. The maximum atomic E-state index is 14.7. The van der Waals surface area contributed by atoms with E-state index in [9.17, 15) is 38.4 Å². The van der Waals surface area contributed by atoms with E-state index >= 15 is 0 Å². The van der Waals surface area contributed by atoms with Crippen molar-refractivity contribution in [3.8, 4) is 11.1 Å². The van der Waals surface area contributed by atoms with Crippen molar-refractivity contribution < 1.29 is 85.7 Å². The second-order valence-corrected chi connectivity index (χ2v) is 13.7. The van der Waals surface area contributed by atoms with E-state index < -0.39 is 97.5 Å². The van der Waals surface area contributed by atoms with E-state index in [1.807, 2.05) is 0 Å². The summed E-state index contributed by atoms with van der Waals surface area (Å²) in [5.74, 6) is -8.15. The molecule has 2 aromatic rings. The lowest BCUT2D eigenvalue weighted by atomic mass is 9.78. The average Bonchev–Trinajstić information content (AvgIpc) is 3.83. The summed E-state index contributed by atoms with van der Waals surface area (Å²) in [6, 6.07) is 0. The van der Waals surface area contributed by atoms with Crippen molar-refractivity contribution in [2.45, 2.75) is 66.6 Å². The van der Waals surface area contributed by atoms with Gasteiger partial charge in [-0.2, -0.15) is 0 Å². The van der Waals surface area contributed by atoms with Crippen LogP contribution in [0, 0.1) is 10.8 Å². The van der Waals surface area contributed by atoms with Crippen LogP contribution in [0.2, 0.25) is 0 Å². The Balaban J connectivity index is 2.50. The first kappa shape index (κ1) is 46.8. The number of hydrogen-bond donors (Lipinski definition) is 0. The monoisotopic (exact) mass is 842 g/mol. The molecule has 326 valence electrons. The molecule has 0 heterocycles. The lowest BCUT2D eigenvalue weighted by Gasteiger charge is -2.27. The predicted octanol–water partition coefficient (Wildman–Crippen LogP) is 3.22. The average molecular weight is 843 g/mol. The molecule has 0 amide bonds. The van der Waals surface area contributed by atoms with E-state index in [0.29, 0.717) is 0 Å². The van der Waals surface area contributed by atoms with Crippen LogP contribution >= 0.6 is 0 Å². The van der Waals surface area contributed by atoms with Gasteiger partial charge in [0.25, 0.3) is 0 Å². The number of carbonyl (C=O) groups is 8. The Kier molecular flexibility index (Phi) is 15.2. The molecule has 0 N–H and O–H groups in total. The Bertz CT molecular complexity index is 1920. The lowest BCUT2D eigenvalue weighted by molar-refractivity contribution is -0.170. The Morgan fingerprint density at radius 2 is 0.633 bits per heavy atom. The summed E-state index contributed by atoms with van der Waals surface area (Å²) in [5.41, 5.74) is -6.06. The van der Waals surface area contributed by atoms with E-state index in [4.69, 9.17) is 47.4 Å². The minimum absolute atomic E-state index is 0.0243. The largest absolute Gasteiger partial charge is 0.468 e. The molecule has 0 unspecified atom stereocenters. The smallest absolute Gasteiger partial charge is 0.339 e. The zero-order valence-corrected chi connectivity index (χ0v) is 35.4. The molecule has 0 spiro atoms. The molecule has 2 aromatic carbocycles. The highest BCUT2D eigenvalue weighted by Crippen LogP contribution is 2.52. The number of fused-ring (bicyclic) bond motifs is 2. The topological polar surface area (TPSA) is 229 Å². The number of rotatable bonds is 17. The summed E-state index contributed by atoms with van der Waals surface area (Å²) in [4.78, 5) is 113. The van der Waals surface area contributed by atoms with Crippen molar-refractivity contribution in [3.63, 3.8) is 0 Å². The highest BCUT2D eigenvalue weighted by Gasteiger charge is 2.58. The first-order valence-electron chi connectivity index (χ1n) is 19.1. The molecule has 2 aliphatic carbocycles. The fourth-order valence-corrected chi connectivity index (χ4v) is 8.34. The number of carbonyl (C=O) groups excluding carboxylic acids is 8. The zero-order chi connectivity index (χ0) is 44.7. The van der Waals surface area contributed by atoms with Crippen LogP contribution in [0.25, 0.3) is 11.1 Å². The van der Waals surface area contributed by atoms with Gasteiger partial charge in [0, 0.05) is 62.2 Å². The molecule has 0 radical (unpaired) electrons. The first-order valence-corrected chi connectivity index (χ1v) is 19.1. The third-order valence-corrected chi connectivity index (χ3v) is 10.6. The van der Waals surface area contributed by atoms with Gasteiger partial charge >= 0.3 is 47.8 Å². The predicted molar refractivity (Wildman–Crippen MR) is 205 cm³/mol. The lowest BCUT2D eigenvalue weighted by Crippen LogP contribution is -2.42. The summed E-state index contributed by atoms with van der Waals surface area (Å²) < 4.78 is 54.1. The quantitative estimate of drug-likeness (QED) is 0.126. The van der Waals surface area contributed by atoms with Crippen LogP contribution in [0.4, 0.5) is 0 Å². The van der Waals surface area contributed by atoms with Gasteiger partial charge in [0.2, 0.25) is 0 Å². The third kappa shape index (κ3) is 7.80. The normalized spacial score (nSPS) is 14.2. The molecular weight excluding hydrogens is 792 g/mol. The van der Waals surface area contributed by atoms with Crippen LogP contribution in [0.5, 0.6) is 0 Å². The van der Waals surface area contributed by atoms with E-state index in [-0.39, 0.29) is 93.2 Å². The van der Waals surface area contributed by atoms with Gasteiger partial charge < -0.3 is 47.4 Å². The maximum Gasteiger partial charge on any atom is 0.339 e.